The van der Waals surface area contributed by atoms with Gasteiger partial charge in [-0.25, -0.2) is 0 Å². The Morgan fingerprint density at radius 3 is 2.82 bits per heavy atom. The van der Waals surface area contributed by atoms with Crippen molar-refractivity contribution in [2.75, 3.05) is 0 Å². The maximum absolute atomic E-state index is 12.6. The van der Waals surface area contributed by atoms with E-state index < -0.39 is 0 Å². The summed E-state index contributed by atoms with van der Waals surface area (Å²) in [5, 5.41) is 0. The van der Waals surface area contributed by atoms with Gasteiger partial charge in [0.2, 0.25) is 0 Å². The zero-order chi connectivity index (χ0) is 15.8. The molecule has 0 radical (unpaired) electrons. The minimum Gasteiger partial charge on any atom is -0.294 e. The van der Waals surface area contributed by atoms with E-state index in [1.54, 1.807) is 12.4 Å². The molecule has 0 spiro atoms. The molecule has 0 bridgehead atoms. The first-order valence-corrected chi connectivity index (χ1v) is 8.14. The van der Waals surface area contributed by atoms with Gasteiger partial charge in [-0.2, -0.15) is 0 Å². The topological polar surface area (TPSA) is 29.4 Å². The molecular weight excluding hydrogens is 270 g/mol. The Kier molecular flexibility index (Phi) is 6.32. The number of nitrogens with zero attached hydrogens (tertiary/aromatic N) is 1. The van der Waals surface area contributed by atoms with Crippen molar-refractivity contribution in [2.24, 2.45) is 10.9 Å². The largest absolute Gasteiger partial charge is 0.294 e. The second-order valence-electron chi connectivity index (χ2n) is 5.99. The molecule has 0 aromatic heterocycles. The van der Waals surface area contributed by atoms with E-state index in [-0.39, 0.29) is 5.78 Å². The molecule has 2 nitrogen and oxygen atoms in total. The van der Waals surface area contributed by atoms with Gasteiger partial charge in [-0.1, -0.05) is 42.5 Å². The summed E-state index contributed by atoms with van der Waals surface area (Å²) in [7, 11) is 0. The summed E-state index contributed by atoms with van der Waals surface area (Å²) in [4.78, 5) is 16.8. The molecule has 22 heavy (non-hydrogen) atoms. The molecule has 0 amide bonds. The molecule has 0 unspecified atom stereocenters. The standard InChI is InChI=1S/C20H25NO/c1-3-21-15-19(18-10-5-4-6-11-18)20(22)13-12-17-9-7-8-16(2)14-17/h3-6,10-11,15,17H,2,7-9,12-14H2,1H3/b19-15-,21-3?/t17-/m0/s1. The van der Waals surface area contributed by atoms with Crippen LogP contribution in [0.5, 0.6) is 0 Å². The van der Waals surface area contributed by atoms with Gasteiger partial charge < -0.3 is 0 Å². The fraction of sp³-hybridized carbons (Fsp3) is 0.400. The lowest BCUT2D eigenvalue weighted by molar-refractivity contribution is -0.114. The lowest BCUT2D eigenvalue weighted by Gasteiger charge is -2.23. The van der Waals surface area contributed by atoms with Crippen molar-refractivity contribution >= 4 is 17.6 Å². The number of carbonyl (C=O) groups excluding carboxylic acids is 1. The highest BCUT2D eigenvalue weighted by Gasteiger charge is 2.18. The maximum Gasteiger partial charge on any atom is 0.165 e. The number of carbonyl (C=O) groups is 1. The van der Waals surface area contributed by atoms with E-state index in [4.69, 9.17) is 0 Å². The highest BCUT2D eigenvalue weighted by Crippen LogP contribution is 2.31. The Morgan fingerprint density at radius 2 is 2.14 bits per heavy atom. The van der Waals surface area contributed by atoms with Gasteiger partial charge in [-0.3, -0.25) is 9.79 Å². The summed E-state index contributed by atoms with van der Waals surface area (Å²) in [5.74, 6) is 0.810. The van der Waals surface area contributed by atoms with Crippen molar-refractivity contribution in [2.45, 2.75) is 45.4 Å². The first-order chi connectivity index (χ1) is 10.7. The molecule has 0 saturated heterocycles. The van der Waals surface area contributed by atoms with E-state index in [1.807, 2.05) is 37.3 Å². The summed E-state index contributed by atoms with van der Waals surface area (Å²) in [6, 6.07) is 9.81. The summed E-state index contributed by atoms with van der Waals surface area (Å²) in [6.45, 7) is 5.96. The van der Waals surface area contributed by atoms with Gasteiger partial charge >= 0.3 is 0 Å². The summed E-state index contributed by atoms with van der Waals surface area (Å²) < 4.78 is 0. The average Bonchev–Trinajstić information content (AvgIpc) is 2.54. The number of hydrogen-bond acceptors (Lipinski definition) is 2. The molecule has 1 saturated carbocycles. The second kappa shape index (κ2) is 8.47. The van der Waals surface area contributed by atoms with Crippen molar-refractivity contribution in [1.82, 2.24) is 0 Å². The van der Waals surface area contributed by atoms with E-state index in [1.165, 1.54) is 18.4 Å². The van der Waals surface area contributed by atoms with Crippen LogP contribution in [0.15, 0.2) is 53.7 Å². The van der Waals surface area contributed by atoms with E-state index in [0.717, 1.165) is 24.8 Å². The number of allylic oxidation sites excluding steroid dienone is 2. The van der Waals surface area contributed by atoms with Crippen molar-refractivity contribution in [3.05, 3.63) is 54.2 Å². The van der Waals surface area contributed by atoms with Crippen LogP contribution in [0, 0.1) is 5.92 Å². The smallest absolute Gasteiger partial charge is 0.165 e. The predicted octanol–water partition coefficient (Wildman–Crippen LogP) is 5.21. The Morgan fingerprint density at radius 1 is 1.36 bits per heavy atom. The Bertz CT molecular complexity index is 569. The Balaban J connectivity index is 2.02. The maximum atomic E-state index is 12.6. The molecular formula is C20H25NO. The third-order valence-electron chi connectivity index (χ3n) is 4.24. The van der Waals surface area contributed by atoms with Gasteiger partial charge in [0.1, 0.15) is 0 Å². The minimum absolute atomic E-state index is 0.188. The van der Waals surface area contributed by atoms with E-state index in [2.05, 4.69) is 11.6 Å². The SMILES string of the molecule is C=C1CCC[C@@H](CCC(=O)/C(=C\N=CC)c2ccccc2)C1. The lowest BCUT2D eigenvalue weighted by Crippen LogP contribution is -2.11. The van der Waals surface area contributed by atoms with Gasteiger partial charge in [0.25, 0.3) is 0 Å². The van der Waals surface area contributed by atoms with Crippen LogP contribution in [0.2, 0.25) is 0 Å². The van der Waals surface area contributed by atoms with Crippen LogP contribution in [-0.4, -0.2) is 12.0 Å². The van der Waals surface area contributed by atoms with E-state index in [0.29, 0.717) is 17.9 Å². The number of rotatable bonds is 6. The predicted molar refractivity (Wildman–Crippen MR) is 93.9 cm³/mol. The van der Waals surface area contributed by atoms with Crippen LogP contribution in [-0.2, 0) is 4.79 Å². The lowest BCUT2D eigenvalue weighted by atomic mass is 9.82. The Hall–Kier alpha value is -1.96. The molecule has 2 rings (SSSR count). The first-order valence-electron chi connectivity index (χ1n) is 8.14. The fourth-order valence-corrected chi connectivity index (χ4v) is 3.04. The number of ketones is 1. The molecule has 1 fully saturated rings. The minimum atomic E-state index is 0.188. The third-order valence-corrected chi connectivity index (χ3v) is 4.24. The number of Topliss-reactive ketones (excluding diaryl/α,β-unsaturated/α-hetero) is 1. The molecule has 1 aromatic carbocycles. The normalized spacial score (nSPS) is 19.6. The zero-order valence-corrected chi connectivity index (χ0v) is 13.4. The molecule has 1 aromatic rings. The van der Waals surface area contributed by atoms with Crippen LogP contribution >= 0.6 is 0 Å². The fourth-order valence-electron chi connectivity index (χ4n) is 3.04. The quantitative estimate of drug-likeness (QED) is 0.402. The molecule has 0 heterocycles. The van der Waals surface area contributed by atoms with E-state index >= 15 is 0 Å². The van der Waals surface area contributed by atoms with Crippen molar-refractivity contribution in [3.63, 3.8) is 0 Å². The van der Waals surface area contributed by atoms with Crippen LogP contribution in [0.1, 0.15) is 51.0 Å². The average molecular weight is 295 g/mol. The second-order valence-corrected chi connectivity index (χ2v) is 5.99. The molecule has 2 heteroatoms. The van der Waals surface area contributed by atoms with Gasteiger partial charge in [0.05, 0.1) is 0 Å². The number of benzene rings is 1. The highest BCUT2D eigenvalue weighted by molar-refractivity contribution is 6.20. The van der Waals surface area contributed by atoms with Crippen LogP contribution < -0.4 is 0 Å². The third kappa shape index (κ3) is 4.80. The van der Waals surface area contributed by atoms with Crippen LogP contribution in [0.4, 0.5) is 0 Å². The summed E-state index contributed by atoms with van der Waals surface area (Å²) in [6.07, 6.45) is 9.65. The molecule has 0 N–H and O–H groups in total. The highest BCUT2D eigenvalue weighted by atomic mass is 16.1. The van der Waals surface area contributed by atoms with Gasteiger partial charge in [0.15, 0.2) is 5.78 Å². The van der Waals surface area contributed by atoms with Gasteiger partial charge in [-0.05, 0) is 50.5 Å². The first kappa shape index (κ1) is 16.4. The van der Waals surface area contributed by atoms with Crippen LogP contribution in [0.3, 0.4) is 0 Å². The molecule has 1 aliphatic rings. The molecule has 0 aliphatic heterocycles. The van der Waals surface area contributed by atoms with E-state index in [9.17, 15) is 4.79 Å². The molecule has 116 valence electrons. The van der Waals surface area contributed by atoms with Gasteiger partial charge in [0, 0.05) is 24.4 Å². The van der Waals surface area contributed by atoms with Crippen molar-refractivity contribution < 1.29 is 4.79 Å². The van der Waals surface area contributed by atoms with Gasteiger partial charge in [-0.15, -0.1) is 0 Å². The van der Waals surface area contributed by atoms with Crippen LogP contribution in [0.25, 0.3) is 5.57 Å². The Labute approximate surface area is 133 Å². The number of aliphatic imine (C=N–C) groups is 1. The molecule has 1 aliphatic carbocycles. The number of hydrogen-bond donors (Lipinski definition) is 0. The van der Waals surface area contributed by atoms with Crippen molar-refractivity contribution in [1.29, 1.82) is 0 Å². The van der Waals surface area contributed by atoms with Crippen molar-refractivity contribution in [3.8, 4) is 0 Å². The summed E-state index contributed by atoms with van der Waals surface area (Å²) >= 11 is 0. The monoisotopic (exact) mass is 295 g/mol. The zero-order valence-electron chi connectivity index (χ0n) is 13.4. The summed E-state index contributed by atoms with van der Waals surface area (Å²) in [5.41, 5.74) is 3.01. The molecule has 1 atom stereocenters.